The smallest absolute Gasteiger partial charge is 0.191 e. The molecular formula is C22H26N10O2S. The molecule has 3 aromatic heterocycles. The van der Waals surface area contributed by atoms with Gasteiger partial charge in [0, 0.05) is 17.7 Å². The second-order valence-corrected chi connectivity index (χ2v) is 10.2. The van der Waals surface area contributed by atoms with E-state index in [0.717, 1.165) is 18.6 Å². The van der Waals surface area contributed by atoms with Crippen LogP contribution in [0.2, 0.25) is 0 Å². The molecule has 6 rings (SSSR count). The van der Waals surface area contributed by atoms with Gasteiger partial charge in [-0.2, -0.15) is 0 Å². The number of rotatable bonds is 8. The second-order valence-electron chi connectivity index (χ2n) is 9.09. The molecule has 0 amide bonds. The molecule has 0 spiro atoms. The molecule has 182 valence electrons. The van der Waals surface area contributed by atoms with Gasteiger partial charge >= 0.3 is 0 Å². The summed E-state index contributed by atoms with van der Waals surface area (Å²) < 4.78 is 1.61. The van der Waals surface area contributed by atoms with Crippen molar-refractivity contribution >= 4 is 28.7 Å². The average molecular weight is 495 g/mol. The van der Waals surface area contributed by atoms with Crippen molar-refractivity contribution in [3.63, 3.8) is 0 Å². The molecule has 2 aliphatic carbocycles. The largest absolute Gasteiger partial charge is 0.390 e. The molecule has 13 heteroatoms. The molecule has 2 saturated carbocycles. The minimum atomic E-state index is -1.07. The summed E-state index contributed by atoms with van der Waals surface area (Å²) in [6.07, 6.45) is 0.285. The van der Waals surface area contributed by atoms with E-state index < -0.39 is 24.2 Å². The predicted octanol–water partition coefficient (Wildman–Crippen LogP) is 1.65. The van der Waals surface area contributed by atoms with Crippen molar-refractivity contribution in [2.75, 3.05) is 11.1 Å². The summed E-state index contributed by atoms with van der Waals surface area (Å²) >= 11 is 1.57. The first-order chi connectivity index (χ1) is 17.1. The standard InChI is InChI=1S/C22H26N10O2S/c1-2-8-35-22-24-20(23-14-9-12(14)11-6-4-3-5-7-11)16-21(25-22)32(31-26-16)15-10-13(17(33)18(15)34)19-27-29-30-28-19/h3-7,12-15,17-18,33-34H,2,8-10H2,1H3,(H,23,24,25)(H,27,28,29,30)/t12?,13?,14?,15?,17-,18+/m1/s1. The van der Waals surface area contributed by atoms with Crippen LogP contribution in [0.5, 0.6) is 0 Å². The molecule has 35 heavy (non-hydrogen) atoms. The number of hydrogen-bond acceptors (Lipinski definition) is 11. The number of H-pyrrole nitrogens is 1. The van der Waals surface area contributed by atoms with Crippen LogP contribution < -0.4 is 5.32 Å². The number of fused-ring (bicyclic) bond motifs is 1. The van der Waals surface area contributed by atoms with Gasteiger partial charge in [0.05, 0.1) is 18.1 Å². The molecule has 6 atom stereocenters. The zero-order valence-corrected chi connectivity index (χ0v) is 19.9. The van der Waals surface area contributed by atoms with E-state index in [1.165, 1.54) is 5.56 Å². The highest BCUT2D eigenvalue weighted by molar-refractivity contribution is 7.99. The van der Waals surface area contributed by atoms with Gasteiger partial charge in [0.1, 0.15) is 6.10 Å². The summed E-state index contributed by atoms with van der Waals surface area (Å²) in [5, 5.41) is 48.3. The zero-order valence-electron chi connectivity index (χ0n) is 19.1. The fraction of sp³-hybridized carbons (Fsp3) is 0.500. The Kier molecular flexibility index (Phi) is 5.82. The van der Waals surface area contributed by atoms with Gasteiger partial charge in [-0.15, -0.1) is 10.2 Å². The Bertz CT molecular complexity index is 1300. The molecule has 4 N–H and O–H groups in total. The van der Waals surface area contributed by atoms with Crippen LogP contribution in [0.4, 0.5) is 5.82 Å². The zero-order chi connectivity index (χ0) is 23.9. The van der Waals surface area contributed by atoms with E-state index in [9.17, 15) is 10.2 Å². The molecule has 2 fully saturated rings. The lowest BCUT2D eigenvalue weighted by Gasteiger charge is -2.17. The molecular weight excluding hydrogens is 468 g/mol. The molecule has 0 radical (unpaired) electrons. The lowest BCUT2D eigenvalue weighted by molar-refractivity contribution is 0.0146. The van der Waals surface area contributed by atoms with Crippen LogP contribution >= 0.6 is 11.8 Å². The molecule has 0 saturated heterocycles. The van der Waals surface area contributed by atoms with E-state index in [1.807, 2.05) is 6.07 Å². The molecule has 4 unspecified atom stereocenters. The van der Waals surface area contributed by atoms with E-state index in [-0.39, 0.29) is 6.04 Å². The monoisotopic (exact) mass is 494 g/mol. The van der Waals surface area contributed by atoms with Crippen molar-refractivity contribution in [1.82, 2.24) is 45.6 Å². The van der Waals surface area contributed by atoms with E-state index in [0.29, 0.717) is 40.3 Å². The summed E-state index contributed by atoms with van der Waals surface area (Å²) in [5.74, 6) is 1.93. The van der Waals surface area contributed by atoms with Gasteiger partial charge in [0.2, 0.25) is 0 Å². The number of nitrogens with zero attached hydrogens (tertiary/aromatic N) is 8. The number of thioether (sulfide) groups is 1. The topological polar surface area (TPSA) is 163 Å². The van der Waals surface area contributed by atoms with Crippen LogP contribution in [-0.4, -0.2) is 79.8 Å². The van der Waals surface area contributed by atoms with Gasteiger partial charge in [0.15, 0.2) is 28.0 Å². The number of aliphatic hydroxyl groups excluding tert-OH is 2. The van der Waals surface area contributed by atoms with Crippen LogP contribution in [0, 0.1) is 0 Å². The maximum atomic E-state index is 10.9. The van der Waals surface area contributed by atoms with E-state index in [1.54, 1.807) is 16.4 Å². The second kappa shape index (κ2) is 9.13. The molecule has 1 aromatic carbocycles. The Balaban J connectivity index is 1.32. The Morgan fingerprint density at radius 2 is 1.94 bits per heavy atom. The van der Waals surface area contributed by atoms with E-state index in [2.05, 4.69) is 67.4 Å². The van der Waals surface area contributed by atoms with Gasteiger partial charge in [-0.05, 0) is 35.3 Å². The van der Waals surface area contributed by atoms with Crippen molar-refractivity contribution in [2.24, 2.45) is 0 Å². The number of hydrogen-bond donors (Lipinski definition) is 4. The highest BCUT2D eigenvalue weighted by Gasteiger charge is 2.46. The molecule has 0 bridgehead atoms. The molecule has 4 aromatic rings. The Morgan fingerprint density at radius 1 is 1.09 bits per heavy atom. The minimum Gasteiger partial charge on any atom is -0.390 e. The van der Waals surface area contributed by atoms with Gasteiger partial charge in [-0.3, -0.25) is 0 Å². The Hall–Kier alpha value is -3.16. The summed E-state index contributed by atoms with van der Waals surface area (Å²) in [4.78, 5) is 9.50. The summed E-state index contributed by atoms with van der Waals surface area (Å²) in [6.45, 7) is 2.11. The number of aromatic amines is 1. The number of aromatic nitrogens is 9. The van der Waals surface area contributed by atoms with Crippen LogP contribution in [0.15, 0.2) is 35.5 Å². The highest BCUT2D eigenvalue weighted by Crippen LogP contribution is 2.44. The third-order valence-corrected chi connectivity index (χ3v) is 7.81. The lowest BCUT2D eigenvalue weighted by Crippen LogP contribution is -2.29. The third-order valence-electron chi connectivity index (χ3n) is 6.76. The maximum Gasteiger partial charge on any atom is 0.191 e. The average Bonchev–Trinajstić information content (AvgIpc) is 3.19. The predicted molar refractivity (Wildman–Crippen MR) is 128 cm³/mol. The molecule has 12 nitrogen and oxygen atoms in total. The van der Waals surface area contributed by atoms with Gasteiger partial charge in [-0.1, -0.05) is 54.2 Å². The van der Waals surface area contributed by atoms with Crippen molar-refractivity contribution in [1.29, 1.82) is 0 Å². The fourth-order valence-corrected chi connectivity index (χ4v) is 5.53. The summed E-state index contributed by atoms with van der Waals surface area (Å²) in [7, 11) is 0. The minimum absolute atomic E-state index is 0.256. The van der Waals surface area contributed by atoms with Crippen molar-refractivity contribution < 1.29 is 10.2 Å². The summed E-state index contributed by atoms with van der Waals surface area (Å²) in [6, 6.07) is 10.2. The van der Waals surface area contributed by atoms with Crippen molar-refractivity contribution in [3.8, 4) is 0 Å². The van der Waals surface area contributed by atoms with Gasteiger partial charge < -0.3 is 15.5 Å². The maximum absolute atomic E-state index is 10.9. The van der Waals surface area contributed by atoms with Crippen LogP contribution in [-0.2, 0) is 0 Å². The SMILES string of the molecule is CCCSc1nc(NC2CC2c2ccccc2)c2nnn(C3CC(c4nnn[nH]4)[C@@H](O)[C@H]3O)c2n1. The highest BCUT2D eigenvalue weighted by atomic mass is 32.2. The Labute approximate surface area is 204 Å². The van der Waals surface area contributed by atoms with Crippen LogP contribution in [0.25, 0.3) is 11.2 Å². The van der Waals surface area contributed by atoms with Crippen molar-refractivity contribution in [3.05, 3.63) is 41.7 Å². The Morgan fingerprint density at radius 3 is 2.71 bits per heavy atom. The van der Waals surface area contributed by atoms with Crippen LogP contribution in [0.1, 0.15) is 55.5 Å². The third kappa shape index (κ3) is 4.13. The quantitative estimate of drug-likeness (QED) is 0.208. The molecule has 0 aliphatic heterocycles. The first-order valence-corrected chi connectivity index (χ1v) is 12.8. The van der Waals surface area contributed by atoms with Crippen LogP contribution in [0.3, 0.4) is 0 Å². The van der Waals surface area contributed by atoms with E-state index in [4.69, 9.17) is 9.97 Å². The van der Waals surface area contributed by atoms with Gasteiger partial charge in [-0.25, -0.2) is 19.7 Å². The fourth-order valence-electron chi connectivity index (χ4n) is 4.84. The number of tetrazole rings is 1. The van der Waals surface area contributed by atoms with E-state index >= 15 is 0 Å². The lowest BCUT2D eigenvalue weighted by atomic mass is 10.1. The number of nitrogens with one attached hydrogen (secondary N) is 2. The number of anilines is 1. The normalized spacial score (nSPS) is 28.0. The van der Waals surface area contributed by atoms with Gasteiger partial charge in [0.25, 0.3) is 0 Å². The first-order valence-electron chi connectivity index (χ1n) is 11.8. The molecule has 2 aliphatic rings. The number of aliphatic hydroxyl groups is 2. The summed E-state index contributed by atoms with van der Waals surface area (Å²) in [5.41, 5.74) is 2.39. The van der Waals surface area contributed by atoms with Crippen molar-refractivity contribution in [2.45, 2.75) is 67.5 Å². The number of benzene rings is 1. The molecule has 3 heterocycles. The first kappa shape index (κ1) is 22.3.